The molecule has 1 aliphatic rings. The topological polar surface area (TPSA) is 41.1 Å². The van der Waals surface area contributed by atoms with E-state index in [9.17, 15) is 4.79 Å². The molecule has 0 aromatic heterocycles. The first-order valence-corrected chi connectivity index (χ1v) is 8.83. The maximum Gasteiger partial charge on any atom is 0.220 e. The summed E-state index contributed by atoms with van der Waals surface area (Å²) in [4.78, 5) is 11.4. The Bertz CT molecular complexity index is 239. The first kappa shape index (κ1) is 17.5. The van der Waals surface area contributed by atoms with Gasteiger partial charge >= 0.3 is 0 Å². The second kappa shape index (κ2) is 12.2. The molecule has 2 N–H and O–H groups in total. The van der Waals surface area contributed by atoms with E-state index in [-0.39, 0.29) is 5.91 Å². The summed E-state index contributed by atoms with van der Waals surface area (Å²) in [6, 6.07) is 0.507. The molecular formula is C17H34N2O. The number of carbonyl (C=O) groups excluding carboxylic acids is 1. The van der Waals surface area contributed by atoms with Crippen LogP contribution >= 0.6 is 0 Å². The van der Waals surface area contributed by atoms with Crippen molar-refractivity contribution in [2.24, 2.45) is 0 Å². The SMILES string of the molecule is CCCCCCCCCCNCCCC(=O)NC1CC1. The number of unbranched alkanes of at least 4 members (excludes halogenated alkanes) is 7. The summed E-state index contributed by atoms with van der Waals surface area (Å²) in [5.74, 6) is 0.237. The van der Waals surface area contributed by atoms with Crippen molar-refractivity contribution in [3.63, 3.8) is 0 Å². The predicted molar refractivity (Wildman–Crippen MR) is 85.9 cm³/mol. The summed E-state index contributed by atoms with van der Waals surface area (Å²) >= 11 is 0. The molecule has 118 valence electrons. The van der Waals surface area contributed by atoms with Gasteiger partial charge in [-0.05, 0) is 38.8 Å². The van der Waals surface area contributed by atoms with E-state index in [0.29, 0.717) is 12.5 Å². The number of carbonyl (C=O) groups is 1. The van der Waals surface area contributed by atoms with Crippen molar-refractivity contribution in [2.75, 3.05) is 13.1 Å². The molecule has 0 bridgehead atoms. The van der Waals surface area contributed by atoms with E-state index in [4.69, 9.17) is 0 Å². The Morgan fingerprint density at radius 2 is 1.50 bits per heavy atom. The van der Waals surface area contributed by atoms with Crippen molar-refractivity contribution < 1.29 is 4.79 Å². The molecule has 1 fully saturated rings. The van der Waals surface area contributed by atoms with Crippen LogP contribution in [0.1, 0.15) is 84.0 Å². The molecule has 1 saturated carbocycles. The quantitative estimate of drug-likeness (QED) is 0.476. The third-order valence-corrected chi connectivity index (χ3v) is 3.91. The summed E-state index contributed by atoms with van der Waals surface area (Å²) in [7, 11) is 0. The number of hydrogen-bond donors (Lipinski definition) is 2. The largest absolute Gasteiger partial charge is 0.353 e. The fraction of sp³-hybridized carbons (Fsp3) is 0.941. The zero-order valence-electron chi connectivity index (χ0n) is 13.4. The summed E-state index contributed by atoms with van der Waals surface area (Å²) in [5.41, 5.74) is 0. The zero-order valence-corrected chi connectivity index (χ0v) is 13.4. The van der Waals surface area contributed by atoms with Gasteiger partial charge in [0.05, 0.1) is 0 Å². The Labute approximate surface area is 125 Å². The van der Waals surface area contributed by atoms with Gasteiger partial charge in [0.1, 0.15) is 0 Å². The number of amides is 1. The molecule has 0 aromatic rings. The van der Waals surface area contributed by atoms with Crippen LogP contribution in [0.3, 0.4) is 0 Å². The van der Waals surface area contributed by atoms with Crippen LogP contribution < -0.4 is 10.6 Å². The Hall–Kier alpha value is -0.570. The lowest BCUT2D eigenvalue weighted by Gasteiger charge is -2.05. The van der Waals surface area contributed by atoms with E-state index in [1.807, 2.05) is 0 Å². The first-order chi connectivity index (χ1) is 9.83. The molecule has 20 heavy (non-hydrogen) atoms. The van der Waals surface area contributed by atoms with Gasteiger partial charge < -0.3 is 10.6 Å². The lowest BCUT2D eigenvalue weighted by atomic mass is 10.1. The minimum absolute atomic E-state index is 0.237. The number of nitrogens with one attached hydrogen (secondary N) is 2. The van der Waals surface area contributed by atoms with Gasteiger partial charge in [-0.1, -0.05) is 51.9 Å². The predicted octanol–water partition coefficient (Wildman–Crippen LogP) is 3.78. The van der Waals surface area contributed by atoms with Gasteiger partial charge in [0.15, 0.2) is 0 Å². The van der Waals surface area contributed by atoms with Crippen LogP contribution in [-0.2, 0) is 4.79 Å². The van der Waals surface area contributed by atoms with Gasteiger partial charge in [0.2, 0.25) is 5.91 Å². The van der Waals surface area contributed by atoms with Gasteiger partial charge in [-0.25, -0.2) is 0 Å². The normalized spacial score (nSPS) is 14.4. The highest BCUT2D eigenvalue weighted by Gasteiger charge is 2.22. The van der Waals surface area contributed by atoms with Gasteiger partial charge in [0, 0.05) is 12.5 Å². The van der Waals surface area contributed by atoms with Crippen molar-refractivity contribution in [3.05, 3.63) is 0 Å². The second-order valence-electron chi connectivity index (χ2n) is 6.17. The molecule has 3 heteroatoms. The summed E-state index contributed by atoms with van der Waals surface area (Å²) in [6.07, 6.45) is 15.0. The minimum atomic E-state index is 0.237. The zero-order chi connectivity index (χ0) is 14.5. The molecular weight excluding hydrogens is 248 g/mol. The van der Waals surface area contributed by atoms with Gasteiger partial charge in [-0.15, -0.1) is 0 Å². The van der Waals surface area contributed by atoms with Crippen LogP contribution in [0.2, 0.25) is 0 Å². The van der Waals surface area contributed by atoms with Crippen molar-refractivity contribution in [1.29, 1.82) is 0 Å². The Morgan fingerprint density at radius 3 is 2.15 bits per heavy atom. The lowest BCUT2D eigenvalue weighted by molar-refractivity contribution is -0.121. The molecule has 1 rings (SSSR count). The highest BCUT2D eigenvalue weighted by molar-refractivity contribution is 5.76. The second-order valence-corrected chi connectivity index (χ2v) is 6.17. The van der Waals surface area contributed by atoms with Gasteiger partial charge in [-0.2, -0.15) is 0 Å². The molecule has 0 heterocycles. The Morgan fingerprint density at radius 1 is 0.900 bits per heavy atom. The fourth-order valence-electron chi connectivity index (χ4n) is 2.41. The number of rotatable bonds is 14. The van der Waals surface area contributed by atoms with Crippen LogP contribution in [-0.4, -0.2) is 25.0 Å². The Balaban J connectivity index is 1.68. The monoisotopic (exact) mass is 282 g/mol. The molecule has 0 saturated heterocycles. The van der Waals surface area contributed by atoms with Crippen molar-refractivity contribution in [2.45, 2.75) is 90.0 Å². The third kappa shape index (κ3) is 11.3. The molecule has 0 aliphatic heterocycles. The molecule has 1 aliphatic carbocycles. The minimum Gasteiger partial charge on any atom is -0.353 e. The van der Waals surface area contributed by atoms with Crippen molar-refractivity contribution >= 4 is 5.91 Å². The van der Waals surface area contributed by atoms with E-state index in [0.717, 1.165) is 19.5 Å². The van der Waals surface area contributed by atoms with Crippen LogP contribution in [0, 0.1) is 0 Å². The van der Waals surface area contributed by atoms with Crippen LogP contribution in [0.25, 0.3) is 0 Å². The van der Waals surface area contributed by atoms with Gasteiger partial charge in [-0.3, -0.25) is 4.79 Å². The van der Waals surface area contributed by atoms with Crippen molar-refractivity contribution in [1.82, 2.24) is 10.6 Å². The molecule has 0 radical (unpaired) electrons. The molecule has 3 nitrogen and oxygen atoms in total. The van der Waals surface area contributed by atoms with Gasteiger partial charge in [0.25, 0.3) is 0 Å². The summed E-state index contributed by atoms with van der Waals surface area (Å²) in [6.45, 7) is 4.36. The van der Waals surface area contributed by atoms with Crippen LogP contribution in [0.15, 0.2) is 0 Å². The Kier molecular flexibility index (Phi) is 10.7. The third-order valence-electron chi connectivity index (χ3n) is 3.91. The van der Waals surface area contributed by atoms with Crippen molar-refractivity contribution in [3.8, 4) is 0 Å². The molecule has 1 amide bonds. The average molecular weight is 282 g/mol. The number of hydrogen-bond acceptors (Lipinski definition) is 2. The summed E-state index contributed by atoms with van der Waals surface area (Å²) in [5, 5.41) is 6.47. The molecule has 0 unspecified atom stereocenters. The average Bonchev–Trinajstić information content (AvgIpc) is 3.24. The lowest BCUT2D eigenvalue weighted by Crippen LogP contribution is -2.26. The smallest absolute Gasteiger partial charge is 0.220 e. The van der Waals surface area contributed by atoms with E-state index < -0.39 is 0 Å². The molecule has 0 spiro atoms. The molecule has 0 aromatic carbocycles. The highest BCUT2D eigenvalue weighted by atomic mass is 16.1. The molecule has 0 atom stereocenters. The van der Waals surface area contributed by atoms with E-state index in [1.54, 1.807) is 0 Å². The standard InChI is InChI=1S/C17H34N2O/c1-2-3-4-5-6-7-8-9-14-18-15-10-11-17(20)19-16-12-13-16/h16,18H,2-15H2,1H3,(H,19,20). The van der Waals surface area contributed by atoms with E-state index in [2.05, 4.69) is 17.6 Å². The maximum atomic E-state index is 11.4. The van der Waals surface area contributed by atoms with E-state index >= 15 is 0 Å². The summed E-state index contributed by atoms with van der Waals surface area (Å²) < 4.78 is 0. The fourth-order valence-corrected chi connectivity index (χ4v) is 2.41. The maximum absolute atomic E-state index is 11.4. The van der Waals surface area contributed by atoms with Crippen LogP contribution in [0.5, 0.6) is 0 Å². The van der Waals surface area contributed by atoms with E-state index in [1.165, 1.54) is 64.2 Å². The highest BCUT2D eigenvalue weighted by Crippen LogP contribution is 2.18. The van der Waals surface area contributed by atoms with Crippen LogP contribution in [0.4, 0.5) is 0 Å². The first-order valence-electron chi connectivity index (χ1n) is 8.83.